The Morgan fingerprint density at radius 3 is 3.06 bits per heavy atom. The molecule has 0 saturated carbocycles. The fraction of sp³-hybridized carbons (Fsp3) is 0.583. The summed E-state index contributed by atoms with van der Waals surface area (Å²) in [5.74, 6) is 2.62. The number of nitrogens with zero attached hydrogens (tertiary/aromatic N) is 4. The Balaban J connectivity index is 1.25. The second-order valence-corrected chi connectivity index (χ2v) is 9.49. The number of anilines is 1. The Hall–Kier alpha value is -2.74. The van der Waals surface area contributed by atoms with Crippen molar-refractivity contribution in [3.63, 3.8) is 0 Å². The summed E-state index contributed by atoms with van der Waals surface area (Å²) in [4.78, 5) is 27.3. The number of Topliss-reactive ketones (excluding diaryl/α,β-unsaturated/α-hetero) is 1. The van der Waals surface area contributed by atoms with Gasteiger partial charge in [0.1, 0.15) is 23.6 Å². The Bertz CT molecular complexity index is 1080. The molecule has 0 aliphatic carbocycles. The number of hydrogen-bond donors (Lipinski definition) is 2. The molecule has 2 N–H and O–H groups in total. The number of aromatic amines is 1. The summed E-state index contributed by atoms with van der Waals surface area (Å²) in [5.41, 5.74) is 2.23. The van der Waals surface area contributed by atoms with Crippen molar-refractivity contribution in [2.75, 3.05) is 18.0 Å². The second-order valence-electron chi connectivity index (χ2n) is 9.49. The lowest BCUT2D eigenvalue weighted by Gasteiger charge is -2.27. The molecular formula is C24H32N6O2. The van der Waals surface area contributed by atoms with Gasteiger partial charge >= 0.3 is 0 Å². The van der Waals surface area contributed by atoms with Crippen molar-refractivity contribution in [3.05, 3.63) is 35.6 Å². The fourth-order valence-electron chi connectivity index (χ4n) is 5.06. The minimum Gasteiger partial charge on any atom is -0.360 e. The van der Waals surface area contributed by atoms with Crippen LogP contribution in [0.3, 0.4) is 0 Å². The van der Waals surface area contributed by atoms with Crippen LogP contribution in [0.4, 0.5) is 5.82 Å². The number of ketones is 1. The molecule has 0 bridgehead atoms. The third-order valence-corrected chi connectivity index (χ3v) is 7.34. The third-order valence-electron chi connectivity index (χ3n) is 7.34. The molecule has 32 heavy (non-hydrogen) atoms. The molecule has 3 atom stereocenters. The summed E-state index contributed by atoms with van der Waals surface area (Å²) in [7, 11) is 0. The first-order chi connectivity index (χ1) is 15.6. The monoisotopic (exact) mass is 436 g/mol. The molecule has 1 fully saturated rings. The highest BCUT2D eigenvalue weighted by Crippen LogP contribution is 2.31. The van der Waals surface area contributed by atoms with Crippen LogP contribution in [0, 0.1) is 11.8 Å². The van der Waals surface area contributed by atoms with Crippen molar-refractivity contribution in [1.82, 2.24) is 25.4 Å². The maximum absolute atomic E-state index is 13.2. The van der Waals surface area contributed by atoms with Gasteiger partial charge in [-0.05, 0) is 50.1 Å². The number of rotatable bonds is 8. The summed E-state index contributed by atoms with van der Waals surface area (Å²) in [6, 6.07) is 2.64. The molecule has 3 aromatic heterocycles. The predicted molar refractivity (Wildman–Crippen MR) is 123 cm³/mol. The van der Waals surface area contributed by atoms with Crippen LogP contribution in [-0.4, -0.2) is 45.0 Å². The highest BCUT2D eigenvalue weighted by atomic mass is 16.5. The topological polar surface area (TPSA) is 99.9 Å². The van der Waals surface area contributed by atoms with Crippen molar-refractivity contribution in [3.8, 4) is 0 Å². The van der Waals surface area contributed by atoms with E-state index in [0.29, 0.717) is 43.0 Å². The van der Waals surface area contributed by atoms with Crippen molar-refractivity contribution >= 4 is 22.6 Å². The van der Waals surface area contributed by atoms with Crippen LogP contribution in [0.5, 0.6) is 0 Å². The van der Waals surface area contributed by atoms with E-state index in [4.69, 9.17) is 4.52 Å². The lowest BCUT2D eigenvalue weighted by atomic mass is 9.85. The maximum atomic E-state index is 13.2. The van der Waals surface area contributed by atoms with E-state index in [1.807, 2.05) is 12.3 Å². The number of fused-ring (bicyclic) bond motifs is 2. The number of hydrogen-bond acceptors (Lipinski definition) is 7. The minimum absolute atomic E-state index is 0.0877. The summed E-state index contributed by atoms with van der Waals surface area (Å²) in [5, 5.41) is 8.76. The van der Waals surface area contributed by atoms with Crippen molar-refractivity contribution in [1.29, 1.82) is 0 Å². The lowest BCUT2D eigenvalue weighted by Crippen LogP contribution is -2.31. The first-order valence-corrected chi connectivity index (χ1v) is 11.9. The second kappa shape index (κ2) is 9.02. The van der Waals surface area contributed by atoms with Gasteiger partial charge in [-0.15, -0.1) is 0 Å². The molecule has 5 heterocycles. The summed E-state index contributed by atoms with van der Waals surface area (Å²) in [6.45, 7) is 6.95. The van der Waals surface area contributed by atoms with Gasteiger partial charge in [-0.3, -0.25) is 4.79 Å². The minimum atomic E-state index is 0.0877. The van der Waals surface area contributed by atoms with Crippen LogP contribution < -0.4 is 10.2 Å². The first kappa shape index (κ1) is 21.1. The Morgan fingerprint density at radius 1 is 1.31 bits per heavy atom. The molecule has 1 saturated heterocycles. The summed E-state index contributed by atoms with van der Waals surface area (Å²) < 4.78 is 5.58. The molecule has 2 aliphatic rings. The average molecular weight is 437 g/mol. The van der Waals surface area contributed by atoms with Gasteiger partial charge in [-0.2, -0.15) is 0 Å². The Kier molecular flexibility index (Phi) is 5.95. The zero-order valence-electron chi connectivity index (χ0n) is 18.9. The van der Waals surface area contributed by atoms with E-state index in [1.165, 1.54) is 19.3 Å². The Morgan fingerprint density at radius 2 is 2.22 bits per heavy atom. The molecule has 0 radical (unpaired) electrons. The van der Waals surface area contributed by atoms with Gasteiger partial charge in [0, 0.05) is 37.2 Å². The van der Waals surface area contributed by atoms with Gasteiger partial charge in [0.2, 0.25) is 0 Å². The highest BCUT2D eigenvalue weighted by molar-refractivity contribution is 5.96. The fourth-order valence-corrected chi connectivity index (χ4v) is 5.06. The molecular weight excluding hydrogens is 404 g/mol. The molecule has 8 nitrogen and oxygen atoms in total. The van der Waals surface area contributed by atoms with E-state index in [1.54, 1.807) is 6.33 Å². The normalized spacial score (nSPS) is 20.4. The molecule has 5 rings (SSSR count). The van der Waals surface area contributed by atoms with Gasteiger partial charge in [0.25, 0.3) is 0 Å². The van der Waals surface area contributed by atoms with Gasteiger partial charge < -0.3 is 19.7 Å². The number of carbonyl (C=O) groups excluding carboxylic acids is 1. The van der Waals surface area contributed by atoms with E-state index in [2.05, 4.69) is 44.2 Å². The zero-order valence-corrected chi connectivity index (χ0v) is 18.9. The van der Waals surface area contributed by atoms with Crippen LogP contribution in [0.25, 0.3) is 11.0 Å². The molecule has 3 aromatic rings. The number of carbonyl (C=O) groups is 1. The van der Waals surface area contributed by atoms with Crippen molar-refractivity contribution in [2.45, 2.75) is 65.0 Å². The molecule has 3 unspecified atom stereocenters. The largest absolute Gasteiger partial charge is 0.360 e. The average Bonchev–Trinajstić information content (AvgIpc) is 3.57. The smallest absolute Gasteiger partial charge is 0.185 e. The van der Waals surface area contributed by atoms with Crippen LogP contribution in [0.2, 0.25) is 0 Å². The van der Waals surface area contributed by atoms with Gasteiger partial charge in [-0.1, -0.05) is 19.0 Å². The Labute approximate surface area is 188 Å². The maximum Gasteiger partial charge on any atom is 0.185 e. The standard InChI is InChI=1S/C24H32N6O2/c1-15(5-6-17-4-3-9-25-17)16(2)12-20(31)22-19-13-30(11-8-21(19)32-29-22)24-18-7-10-26-23(18)27-14-28-24/h7,10,14-17,25H,3-6,8-9,11-13H2,1-2H3,(H,26,27,28). The SMILES string of the molecule is CC(CCC1CCCN1)C(C)CC(=O)c1noc2c1CN(c1ncnc3[nH]ccc13)CC2. The van der Waals surface area contributed by atoms with Crippen LogP contribution in [0.15, 0.2) is 23.1 Å². The number of H-pyrrole nitrogens is 1. The van der Waals surface area contributed by atoms with E-state index >= 15 is 0 Å². The number of nitrogens with one attached hydrogen (secondary N) is 2. The third kappa shape index (κ3) is 4.16. The van der Waals surface area contributed by atoms with E-state index in [0.717, 1.165) is 47.7 Å². The predicted octanol–water partition coefficient (Wildman–Crippen LogP) is 3.89. The van der Waals surface area contributed by atoms with E-state index in [-0.39, 0.29) is 5.78 Å². The van der Waals surface area contributed by atoms with Crippen LogP contribution >= 0.6 is 0 Å². The van der Waals surface area contributed by atoms with Gasteiger partial charge in [-0.25, -0.2) is 9.97 Å². The quantitative estimate of drug-likeness (QED) is 0.517. The molecule has 8 heteroatoms. The van der Waals surface area contributed by atoms with E-state index in [9.17, 15) is 4.79 Å². The van der Waals surface area contributed by atoms with Crippen LogP contribution in [-0.2, 0) is 13.0 Å². The van der Waals surface area contributed by atoms with Crippen molar-refractivity contribution in [2.24, 2.45) is 11.8 Å². The van der Waals surface area contributed by atoms with Crippen molar-refractivity contribution < 1.29 is 9.32 Å². The number of aromatic nitrogens is 4. The van der Waals surface area contributed by atoms with E-state index < -0.39 is 0 Å². The summed E-state index contributed by atoms with van der Waals surface area (Å²) >= 11 is 0. The lowest BCUT2D eigenvalue weighted by molar-refractivity contribution is 0.0939. The molecule has 0 spiro atoms. The molecule has 2 aliphatic heterocycles. The van der Waals surface area contributed by atoms with Gasteiger partial charge in [0.15, 0.2) is 11.5 Å². The first-order valence-electron chi connectivity index (χ1n) is 11.9. The highest BCUT2D eigenvalue weighted by Gasteiger charge is 2.30. The van der Waals surface area contributed by atoms with Gasteiger partial charge in [0.05, 0.1) is 11.9 Å². The molecule has 0 aromatic carbocycles. The zero-order chi connectivity index (χ0) is 22.1. The summed E-state index contributed by atoms with van der Waals surface area (Å²) in [6.07, 6.45) is 9.58. The molecule has 170 valence electrons. The molecule has 0 amide bonds. The van der Waals surface area contributed by atoms with Crippen LogP contribution in [0.1, 0.15) is 67.8 Å².